The first-order chi connectivity index (χ1) is 10.0. The number of carbonyl (C=O) groups is 1. The van der Waals surface area contributed by atoms with Gasteiger partial charge in [0.1, 0.15) is 0 Å². The standard InChI is InChI=1S/C15H25N3O3S.ClH/c1-11(16-5)10-17-14(19)12-6-8-13(9-7-12)22(20,21)18-15(2,3)4;/h6-9,11,16,18H,10H2,1-5H3,(H,17,19);1H. The zero-order valence-electron chi connectivity index (χ0n) is 14.1. The van der Waals surface area contributed by atoms with Gasteiger partial charge in [-0.3, -0.25) is 4.79 Å². The highest BCUT2D eigenvalue weighted by Gasteiger charge is 2.22. The molecule has 132 valence electrons. The van der Waals surface area contributed by atoms with E-state index in [0.29, 0.717) is 12.1 Å². The van der Waals surface area contributed by atoms with Gasteiger partial charge in [-0.1, -0.05) is 0 Å². The first-order valence-corrected chi connectivity index (χ1v) is 8.63. The van der Waals surface area contributed by atoms with Crippen LogP contribution in [0, 0.1) is 0 Å². The van der Waals surface area contributed by atoms with Crippen LogP contribution >= 0.6 is 12.4 Å². The quantitative estimate of drug-likeness (QED) is 0.715. The number of nitrogens with one attached hydrogen (secondary N) is 3. The molecule has 1 unspecified atom stereocenters. The van der Waals surface area contributed by atoms with E-state index in [4.69, 9.17) is 0 Å². The lowest BCUT2D eigenvalue weighted by atomic mass is 10.1. The van der Waals surface area contributed by atoms with Crippen molar-refractivity contribution in [1.82, 2.24) is 15.4 Å². The van der Waals surface area contributed by atoms with E-state index < -0.39 is 15.6 Å². The molecular weight excluding hydrogens is 338 g/mol. The molecule has 1 aromatic rings. The van der Waals surface area contributed by atoms with Gasteiger partial charge in [0.2, 0.25) is 10.0 Å². The second kappa shape index (κ2) is 8.63. The highest BCUT2D eigenvalue weighted by molar-refractivity contribution is 7.89. The van der Waals surface area contributed by atoms with Crippen molar-refractivity contribution < 1.29 is 13.2 Å². The molecule has 0 bridgehead atoms. The number of carbonyl (C=O) groups excluding carboxylic acids is 1. The molecule has 0 aliphatic rings. The molecule has 1 atom stereocenters. The Morgan fingerprint density at radius 3 is 2.13 bits per heavy atom. The van der Waals surface area contributed by atoms with Crippen LogP contribution in [0.3, 0.4) is 0 Å². The van der Waals surface area contributed by atoms with Crippen LogP contribution in [-0.2, 0) is 10.0 Å². The number of rotatable bonds is 6. The van der Waals surface area contributed by atoms with Crippen molar-refractivity contribution in [2.24, 2.45) is 0 Å². The van der Waals surface area contributed by atoms with Crippen molar-refractivity contribution in [1.29, 1.82) is 0 Å². The van der Waals surface area contributed by atoms with E-state index in [-0.39, 0.29) is 29.3 Å². The van der Waals surface area contributed by atoms with E-state index in [1.165, 1.54) is 24.3 Å². The zero-order valence-corrected chi connectivity index (χ0v) is 15.8. The average Bonchev–Trinajstić information content (AvgIpc) is 2.42. The van der Waals surface area contributed by atoms with Crippen LogP contribution in [0.5, 0.6) is 0 Å². The van der Waals surface area contributed by atoms with Crippen LogP contribution in [0.25, 0.3) is 0 Å². The molecule has 0 spiro atoms. The first kappa shape index (κ1) is 21.9. The molecule has 23 heavy (non-hydrogen) atoms. The molecule has 0 radical (unpaired) electrons. The fourth-order valence-corrected chi connectivity index (χ4v) is 3.12. The van der Waals surface area contributed by atoms with E-state index >= 15 is 0 Å². The molecular formula is C15H26ClN3O3S. The van der Waals surface area contributed by atoms with Crippen LogP contribution in [0.2, 0.25) is 0 Å². The van der Waals surface area contributed by atoms with Crippen molar-refractivity contribution in [2.75, 3.05) is 13.6 Å². The van der Waals surface area contributed by atoms with E-state index in [9.17, 15) is 13.2 Å². The second-order valence-corrected chi connectivity index (χ2v) is 7.96. The first-order valence-electron chi connectivity index (χ1n) is 7.14. The highest BCUT2D eigenvalue weighted by Crippen LogP contribution is 2.13. The molecule has 1 aromatic carbocycles. The number of likely N-dealkylation sites (N-methyl/N-ethyl adjacent to an activating group) is 1. The molecule has 8 heteroatoms. The summed E-state index contributed by atoms with van der Waals surface area (Å²) in [7, 11) is -1.76. The summed E-state index contributed by atoms with van der Waals surface area (Å²) in [4.78, 5) is 12.1. The van der Waals surface area contributed by atoms with Crippen molar-refractivity contribution in [2.45, 2.75) is 44.2 Å². The van der Waals surface area contributed by atoms with E-state index in [1.54, 1.807) is 20.8 Å². The number of hydrogen-bond donors (Lipinski definition) is 3. The van der Waals surface area contributed by atoms with Gasteiger partial charge >= 0.3 is 0 Å². The van der Waals surface area contributed by atoms with E-state index in [0.717, 1.165) is 0 Å². The normalized spacial score (nSPS) is 13.1. The maximum absolute atomic E-state index is 12.2. The summed E-state index contributed by atoms with van der Waals surface area (Å²) in [5.74, 6) is -0.227. The van der Waals surface area contributed by atoms with Gasteiger partial charge in [0.15, 0.2) is 0 Å². The van der Waals surface area contributed by atoms with Crippen LogP contribution in [0.1, 0.15) is 38.1 Å². The van der Waals surface area contributed by atoms with Crippen LogP contribution in [-0.4, -0.2) is 39.5 Å². The predicted molar refractivity (Wildman–Crippen MR) is 94.6 cm³/mol. The van der Waals surface area contributed by atoms with Gasteiger partial charge in [-0.05, 0) is 59.0 Å². The number of benzene rings is 1. The predicted octanol–water partition coefficient (Wildman–Crippen LogP) is 1.52. The Morgan fingerprint density at radius 1 is 1.17 bits per heavy atom. The molecule has 3 N–H and O–H groups in total. The van der Waals surface area contributed by atoms with Crippen molar-refractivity contribution in [3.63, 3.8) is 0 Å². The third-order valence-corrected chi connectivity index (χ3v) is 4.70. The fourth-order valence-electron chi connectivity index (χ4n) is 1.70. The summed E-state index contributed by atoms with van der Waals surface area (Å²) in [5.41, 5.74) is -0.129. The summed E-state index contributed by atoms with van der Waals surface area (Å²) >= 11 is 0. The van der Waals surface area contributed by atoms with Gasteiger partial charge in [0, 0.05) is 23.7 Å². The van der Waals surface area contributed by atoms with Crippen LogP contribution < -0.4 is 15.4 Å². The second-order valence-electron chi connectivity index (χ2n) is 6.28. The molecule has 1 rings (SSSR count). The van der Waals surface area contributed by atoms with E-state index in [1.807, 2.05) is 14.0 Å². The van der Waals surface area contributed by atoms with Crippen LogP contribution in [0.15, 0.2) is 29.2 Å². The summed E-state index contributed by atoms with van der Waals surface area (Å²) < 4.78 is 26.9. The average molecular weight is 364 g/mol. The zero-order chi connectivity index (χ0) is 17.0. The minimum atomic E-state index is -3.58. The van der Waals surface area contributed by atoms with Gasteiger partial charge in [0.25, 0.3) is 5.91 Å². The molecule has 0 fully saturated rings. The summed E-state index contributed by atoms with van der Waals surface area (Å²) in [6.45, 7) is 7.77. The van der Waals surface area contributed by atoms with Gasteiger partial charge in [-0.2, -0.15) is 0 Å². The lowest BCUT2D eigenvalue weighted by molar-refractivity contribution is 0.0950. The Bertz CT molecular complexity index is 610. The number of halogens is 1. The Labute approximate surface area is 144 Å². The lowest BCUT2D eigenvalue weighted by Crippen LogP contribution is -2.40. The largest absolute Gasteiger partial charge is 0.350 e. The molecule has 0 saturated carbocycles. The minimum absolute atomic E-state index is 0. The Morgan fingerprint density at radius 2 is 1.70 bits per heavy atom. The molecule has 0 aliphatic carbocycles. The lowest BCUT2D eigenvalue weighted by Gasteiger charge is -2.20. The van der Waals surface area contributed by atoms with Crippen molar-refractivity contribution in [3.05, 3.63) is 29.8 Å². The third kappa shape index (κ3) is 7.30. The Hall–Kier alpha value is -1.15. The van der Waals surface area contributed by atoms with Gasteiger partial charge in [-0.25, -0.2) is 13.1 Å². The molecule has 0 aliphatic heterocycles. The Kier molecular flexibility index (Phi) is 8.20. The third-order valence-electron chi connectivity index (χ3n) is 2.93. The van der Waals surface area contributed by atoms with Crippen molar-refractivity contribution in [3.8, 4) is 0 Å². The molecule has 0 aromatic heterocycles. The topological polar surface area (TPSA) is 87.3 Å². The molecule has 0 saturated heterocycles. The minimum Gasteiger partial charge on any atom is -0.350 e. The highest BCUT2D eigenvalue weighted by atomic mass is 35.5. The van der Waals surface area contributed by atoms with Crippen LogP contribution in [0.4, 0.5) is 0 Å². The maximum Gasteiger partial charge on any atom is 0.251 e. The molecule has 6 nitrogen and oxygen atoms in total. The number of hydrogen-bond acceptors (Lipinski definition) is 4. The maximum atomic E-state index is 12.2. The van der Waals surface area contributed by atoms with Gasteiger partial charge < -0.3 is 10.6 Å². The Balaban J connectivity index is 0.00000484. The summed E-state index contributed by atoms with van der Waals surface area (Å²) in [6.07, 6.45) is 0. The number of amides is 1. The van der Waals surface area contributed by atoms with Gasteiger partial charge in [-0.15, -0.1) is 12.4 Å². The van der Waals surface area contributed by atoms with Gasteiger partial charge in [0.05, 0.1) is 4.90 Å². The monoisotopic (exact) mass is 363 g/mol. The van der Waals surface area contributed by atoms with E-state index in [2.05, 4.69) is 15.4 Å². The van der Waals surface area contributed by atoms with Crippen molar-refractivity contribution >= 4 is 28.3 Å². The molecule has 0 heterocycles. The smallest absolute Gasteiger partial charge is 0.251 e. The fraction of sp³-hybridized carbons (Fsp3) is 0.533. The summed E-state index contributed by atoms with van der Waals surface area (Å²) in [6, 6.07) is 6.06. The SMILES string of the molecule is CNC(C)CNC(=O)c1ccc(S(=O)(=O)NC(C)(C)C)cc1.Cl. The molecule has 1 amide bonds. The summed E-state index contributed by atoms with van der Waals surface area (Å²) in [5, 5.41) is 5.80. The number of sulfonamides is 1.